The van der Waals surface area contributed by atoms with Crippen molar-refractivity contribution in [1.82, 2.24) is 4.98 Å². The van der Waals surface area contributed by atoms with Crippen LogP contribution in [-0.2, 0) is 0 Å². The topological polar surface area (TPSA) is 12.9 Å². The Morgan fingerprint density at radius 2 is 1.13 bits per heavy atom. The molecule has 10 rings (SSSR count). The summed E-state index contributed by atoms with van der Waals surface area (Å²) in [5, 5.41) is 0. The summed E-state index contributed by atoms with van der Waals surface area (Å²) in [6.07, 6.45) is 6.25. The van der Waals surface area contributed by atoms with Gasteiger partial charge in [-0.25, -0.2) is 0 Å². The summed E-state index contributed by atoms with van der Waals surface area (Å²) in [5.74, 6) is 0.927. The summed E-state index contributed by atoms with van der Waals surface area (Å²) in [5.41, 5.74) is 26.3. The van der Waals surface area contributed by atoms with Crippen LogP contribution in [-0.4, -0.2) is 4.98 Å². The molecule has 7 aromatic rings. The number of benzene rings is 5. The third kappa shape index (κ3) is 5.33. The van der Waals surface area contributed by atoms with Gasteiger partial charge in [-0.15, -0.1) is 0 Å². The third-order valence-electron chi connectivity index (χ3n) is 11.9. The van der Waals surface area contributed by atoms with Gasteiger partial charge in [-0.05, 0) is 139 Å². The second-order valence-electron chi connectivity index (χ2n) is 14.8. The SMILES string of the molecule is CC(c1cc(-c2ccccc2)cc(-c2cc#ccc2)n1)C1c2ccccc2-c2cc(-c3ccc4c(c3)-c3ccccc3[C@H]4C(C)C3=CC=C=C=C3)ccc21. The second kappa shape index (κ2) is 13.1. The highest BCUT2D eigenvalue weighted by atomic mass is 14.7. The van der Waals surface area contributed by atoms with Gasteiger partial charge in [-0.1, -0.05) is 141 Å². The lowest BCUT2D eigenvalue weighted by Crippen LogP contribution is -2.11. The van der Waals surface area contributed by atoms with Gasteiger partial charge in [0.15, 0.2) is 0 Å². The van der Waals surface area contributed by atoms with Crippen molar-refractivity contribution in [2.75, 3.05) is 0 Å². The Labute approximate surface area is 318 Å². The monoisotopic (exact) mass is 687 g/mol. The highest BCUT2D eigenvalue weighted by Gasteiger charge is 2.36. The van der Waals surface area contributed by atoms with Crippen LogP contribution < -0.4 is 0 Å². The molecule has 0 fully saturated rings. The molecule has 6 aromatic carbocycles. The maximum atomic E-state index is 5.34. The molecule has 254 valence electrons. The third-order valence-corrected chi connectivity index (χ3v) is 11.9. The van der Waals surface area contributed by atoms with Crippen molar-refractivity contribution in [3.05, 3.63) is 221 Å². The molecular weight excluding hydrogens is 651 g/mol. The first-order valence-electron chi connectivity index (χ1n) is 18.9. The van der Waals surface area contributed by atoms with E-state index in [1.807, 2.05) is 18.2 Å². The Morgan fingerprint density at radius 1 is 0.500 bits per heavy atom. The summed E-state index contributed by atoms with van der Waals surface area (Å²) in [6, 6.07) is 59.5. The smallest absolute Gasteiger partial charge is 0.0718 e. The average molecular weight is 688 g/mol. The van der Waals surface area contributed by atoms with Gasteiger partial charge in [-0.2, -0.15) is 0 Å². The first-order chi connectivity index (χ1) is 26.6. The highest BCUT2D eigenvalue weighted by molar-refractivity contribution is 5.87. The number of pyridine rings is 1. The fourth-order valence-electron chi connectivity index (χ4n) is 9.16. The van der Waals surface area contributed by atoms with Crippen molar-refractivity contribution in [2.24, 2.45) is 5.92 Å². The van der Waals surface area contributed by atoms with E-state index in [0.29, 0.717) is 11.8 Å². The van der Waals surface area contributed by atoms with E-state index < -0.39 is 0 Å². The molecule has 0 N–H and O–H groups in total. The van der Waals surface area contributed by atoms with Crippen molar-refractivity contribution < 1.29 is 0 Å². The Bertz CT molecular complexity index is 2660. The van der Waals surface area contributed by atoms with Crippen molar-refractivity contribution in [2.45, 2.75) is 31.6 Å². The molecule has 1 aromatic heterocycles. The number of aromatic nitrogens is 1. The van der Waals surface area contributed by atoms with Gasteiger partial charge in [0.2, 0.25) is 0 Å². The van der Waals surface area contributed by atoms with Crippen LogP contribution in [0.25, 0.3) is 55.8 Å². The van der Waals surface area contributed by atoms with Gasteiger partial charge in [0.25, 0.3) is 0 Å². The zero-order valence-electron chi connectivity index (χ0n) is 30.3. The van der Waals surface area contributed by atoms with Crippen LogP contribution >= 0.6 is 0 Å². The normalized spacial score (nSPS) is 16.8. The summed E-state index contributed by atoms with van der Waals surface area (Å²) in [6.45, 7) is 4.69. The largest absolute Gasteiger partial charge is 0.252 e. The summed E-state index contributed by atoms with van der Waals surface area (Å²) in [7, 11) is 0. The second-order valence-corrected chi connectivity index (χ2v) is 14.8. The van der Waals surface area contributed by atoms with E-state index in [0.717, 1.165) is 17.0 Å². The maximum Gasteiger partial charge on any atom is 0.0718 e. The van der Waals surface area contributed by atoms with Crippen molar-refractivity contribution in [1.29, 1.82) is 0 Å². The number of hydrogen-bond donors (Lipinski definition) is 0. The van der Waals surface area contributed by atoms with E-state index in [1.165, 1.54) is 72.3 Å². The van der Waals surface area contributed by atoms with Crippen LogP contribution in [0.2, 0.25) is 0 Å². The van der Waals surface area contributed by atoms with E-state index in [1.54, 1.807) is 0 Å². The van der Waals surface area contributed by atoms with Gasteiger partial charge < -0.3 is 0 Å². The fraction of sp³-hybridized carbons (Fsp3) is 0.113. The minimum atomic E-state index is 0.135. The summed E-state index contributed by atoms with van der Waals surface area (Å²) >= 11 is 0. The Hall–Kier alpha value is -6.67. The molecule has 54 heavy (non-hydrogen) atoms. The van der Waals surface area contributed by atoms with Crippen LogP contribution in [0.5, 0.6) is 0 Å². The molecule has 1 heterocycles. The van der Waals surface area contributed by atoms with Gasteiger partial charge in [0.1, 0.15) is 0 Å². The quantitative estimate of drug-likeness (QED) is 0.152. The number of hydrogen-bond acceptors (Lipinski definition) is 1. The minimum absolute atomic E-state index is 0.135. The zero-order chi connectivity index (χ0) is 36.2. The first-order valence-corrected chi connectivity index (χ1v) is 18.9. The molecule has 0 radical (unpaired) electrons. The van der Waals surface area contributed by atoms with E-state index in [4.69, 9.17) is 4.98 Å². The van der Waals surface area contributed by atoms with Gasteiger partial charge in [-0.3, -0.25) is 4.98 Å². The molecule has 4 atom stereocenters. The van der Waals surface area contributed by atoms with Gasteiger partial charge in [0.05, 0.1) is 5.69 Å². The summed E-state index contributed by atoms with van der Waals surface area (Å²) < 4.78 is 0. The molecule has 1 heteroatoms. The van der Waals surface area contributed by atoms with Crippen LogP contribution in [0.3, 0.4) is 0 Å². The molecule has 0 spiro atoms. The van der Waals surface area contributed by atoms with Crippen LogP contribution in [0.15, 0.2) is 181 Å². The molecule has 0 saturated heterocycles. The molecule has 3 unspecified atom stereocenters. The molecule has 1 nitrogen and oxygen atoms in total. The zero-order valence-corrected chi connectivity index (χ0v) is 30.3. The maximum absolute atomic E-state index is 5.34. The molecule has 3 aliphatic carbocycles. The molecule has 0 amide bonds. The molecule has 3 aliphatic rings. The van der Waals surface area contributed by atoms with E-state index in [2.05, 4.69) is 183 Å². The average Bonchev–Trinajstić information content (AvgIpc) is 3.76. The van der Waals surface area contributed by atoms with E-state index in [9.17, 15) is 0 Å². The fourth-order valence-corrected chi connectivity index (χ4v) is 9.16. The predicted molar refractivity (Wildman–Crippen MR) is 221 cm³/mol. The number of rotatable bonds is 7. The van der Waals surface area contributed by atoms with Crippen LogP contribution in [0, 0.1) is 18.1 Å². The Kier molecular flexibility index (Phi) is 7.75. The van der Waals surface area contributed by atoms with E-state index in [-0.39, 0.29) is 11.8 Å². The Balaban J connectivity index is 1.05. The molecular formula is C53H37N. The number of allylic oxidation sites excluding steroid dienone is 4. The summed E-state index contributed by atoms with van der Waals surface area (Å²) in [4.78, 5) is 5.34. The highest BCUT2D eigenvalue weighted by Crippen LogP contribution is 2.54. The number of fused-ring (bicyclic) bond motifs is 6. The lowest BCUT2D eigenvalue weighted by Gasteiger charge is -2.23. The molecule has 0 saturated carbocycles. The van der Waals surface area contributed by atoms with Crippen molar-refractivity contribution in [3.63, 3.8) is 0 Å². The van der Waals surface area contributed by atoms with Gasteiger partial charge in [0, 0.05) is 29.0 Å². The molecule has 0 bridgehead atoms. The lowest BCUT2D eigenvalue weighted by atomic mass is 9.80. The van der Waals surface area contributed by atoms with Crippen molar-refractivity contribution in [3.8, 4) is 55.8 Å². The molecule has 0 aliphatic heterocycles. The van der Waals surface area contributed by atoms with Crippen LogP contribution in [0.4, 0.5) is 0 Å². The van der Waals surface area contributed by atoms with Crippen molar-refractivity contribution >= 4 is 0 Å². The lowest BCUT2D eigenvalue weighted by molar-refractivity contribution is 0.613. The van der Waals surface area contributed by atoms with Gasteiger partial charge >= 0.3 is 0 Å². The standard InChI is InChI=1S/C53H37N/c1-34(36-16-6-3-7-17-36)52-44-24-14-12-22-42(44)48-30-39(26-28-46(48)52)40-27-29-47-49(31-40)43-23-13-15-25-45(43)53(47)35(2)50-32-41(37-18-8-4-9-19-37)33-51(54-50)38-20-10-5-11-21-38/h4,6,8-10,12-35,52-53H,1-2H3/t34?,35?,52-,53?/m1/s1. The number of nitrogens with zero attached hydrogens (tertiary/aromatic N) is 1. The minimum Gasteiger partial charge on any atom is -0.252 e. The first kappa shape index (κ1) is 32.0. The predicted octanol–water partition coefficient (Wildman–Crippen LogP) is 13.2. The van der Waals surface area contributed by atoms with Crippen LogP contribution in [0.1, 0.15) is 59.5 Å². The Morgan fingerprint density at radius 3 is 1.76 bits per heavy atom. The van der Waals surface area contributed by atoms with E-state index >= 15 is 0 Å².